The minimum Gasteiger partial charge on any atom is -0.383 e. The van der Waals surface area contributed by atoms with Crippen molar-refractivity contribution in [3.63, 3.8) is 0 Å². The molecule has 5 heteroatoms. The van der Waals surface area contributed by atoms with E-state index in [1.165, 1.54) is 4.88 Å². The van der Waals surface area contributed by atoms with Crippen LogP contribution in [0.1, 0.15) is 11.8 Å². The minimum absolute atomic E-state index is 0.629. The maximum atomic E-state index is 6.34. The molecule has 0 aliphatic carbocycles. The molecule has 3 nitrogen and oxygen atoms in total. The predicted molar refractivity (Wildman–Crippen MR) is 90.8 cm³/mol. The Morgan fingerprint density at radius 1 is 1.24 bits per heavy atom. The SMILES string of the molecule is CCc1ccc(-c2nn(C)c(N)c2-c2ccccc2Cl)s1. The highest BCUT2D eigenvalue weighted by atomic mass is 35.5. The van der Waals surface area contributed by atoms with Crippen molar-refractivity contribution in [1.29, 1.82) is 0 Å². The van der Waals surface area contributed by atoms with Crippen LogP contribution in [0.4, 0.5) is 5.82 Å². The number of benzene rings is 1. The number of hydrogen-bond acceptors (Lipinski definition) is 3. The van der Waals surface area contributed by atoms with Gasteiger partial charge in [-0.1, -0.05) is 36.7 Å². The number of anilines is 1. The minimum atomic E-state index is 0.629. The smallest absolute Gasteiger partial charge is 0.130 e. The molecule has 0 unspecified atom stereocenters. The summed E-state index contributed by atoms with van der Waals surface area (Å²) < 4.78 is 1.71. The Morgan fingerprint density at radius 2 is 2.00 bits per heavy atom. The van der Waals surface area contributed by atoms with Gasteiger partial charge in [0, 0.05) is 22.5 Å². The highest BCUT2D eigenvalue weighted by Crippen LogP contribution is 2.41. The topological polar surface area (TPSA) is 43.8 Å². The van der Waals surface area contributed by atoms with Crippen LogP contribution in [0.15, 0.2) is 36.4 Å². The van der Waals surface area contributed by atoms with Gasteiger partial charge in [0.1, 0.15) is 11.5 Å². The van der Waals surface area contributed by atoms with Crippen molar-refractivity contribution < 1.29 is 0 Å². The third-order valence-corrected chi connectivity index (χ3v) is 5.04. The molecule has 0 aliphatic heterocycles. The van der Waals surface area contributed by atoms with Gasteiger partial charge in [0.15, 0.2) is 0 Å². The second kappa shape index (κ2) is 5.54. The number of aromatic nitrogens is 2. The van der Waals surface area contributed by atoms with Crippen LogP contribution in [0.3, 0.4) is 0 Å². The van der Waals surface area contributed by atoms with Crippen LogP contribution in [0.5, 0.6) is 0 Å². The van der Waals surface area contributed by atoms with Gasteiger partial charge < -0.3 is 5.73 Å². The fraction of sp³-hybridized carbons (Fsp3) is 0.188. The maximum Gasteiger partial charge on any atom is 0.130 e. The molecule has 0 atom stereocenters. The molecule has 0 radical (unpaired) electrons. The molecule has 21 heavy (non-hydrogen) atoms. The van der Waals surface area contributed by atoms with Crippen LogP contribution in [-0.2, 0) is 13.5 Å². The number of nitrogen functional groups attached to an aromatic ring is 1. The molecule has 0 aliphatic rings. The highest BCUT2D eigenvalue weighted by Gasteiger charge is 2.20. The molecule has 2 aromatic heterocycles. The van der Waals surface area contributed by atoms with Gasteiger partial charge in [0.2, 0.25) is 0 Å². The van der Waals surface area contributed by atoms with Crippen LogP contribution < -0.4 is 5.73 Å². The van der Waals surface area contributed by atoms with E-state index >= 15 is 0 Å². The van der Waals surface area contributed by atoms with Crippen molar-refractivity contribution in [3.05, 3.63) is 46.3 Å². The summed E-state index contributed by atoms with van der Waals surface area (Å²) in [5.74, 6) is 0.629. The van der Waals surface area contributed by atoms with Gasteiger partial charge in [-0.15, -0.1) is 11.3 Å². The van der Waals surface area contributed by atoms with Gasteiger partial charge in [-0.3, -0.25) is 4.68 Å². The molecule has 0 bridgehead atoms. The molecule has 0 amide bonds. The Kier molecular flexibility index (Phi) is 3.74. The third kappa shape index (κ3) is 2.45. The molecular weight excluding hydrogens is 302 g/mol. The number of halogens is 1. The lowest BCUT2D eigenvalue weighted by Crippen LogP contribution is -1.98. The van der Waals surface area contributed by atoms with E-state index in [1.54, 1.807) is 16.0 Å². The molecule has 3 aromatic rings. The second-order valence-corrected chi connectivity index (χ2v) is 6.41. The van der Waals surface area contributed by atoms with Crippen molar-refractivity contribution in [2.24, 2.45) is 7.05 Å². The monoisotopic (exact) mass is 317 g/mol. The Hall–Kier alpha value is -1.78. The normalized spacial score (nSPS) is 11.0. The van der Waals surface area contributed by atoms with Crippen LogP contribution in [0.25, 0.3) is 21.7 Å². The number of aryl methyl sites for hydroxylation is 2. The van der Waals surface area contributed by atoms with Crippen LogP contribution in [-0.4, -0.2) is 9.78 Å². The molecule has 2 N–H and O–H groups in total. The Bertz CT molecular complexity index is 789. The lowest BCUT2D eigenvalue weighted by Gasteiger charge is -2.05. The Balaban J connectivity index is 2.23. The molecule has 108 valence electrons. The van der Waals surface area contributed by atoms with Crippen molar-refractivity contribution in [3.8, 4) is 21.7 Å². The van der Waals surface area contributed by atoms with Crippen molar-refractivity contribution in [1.82, 2.24) is 9.78 Å². The van der Waals surface area contributed by atoms with E-state index in [9.17, 15) is 0 Å². The predicted octanol–water partition coefficient (Wildman–Crippen LogP) is 4.61. The van der Waals surface area contributed by atoms with Crippen molar-refractivity contribution in [2.75, 3.05) is 5.73 Å². The van der Waals surface area contributed by atoms with E-state index in [0.717, 1.165) is 28.1 Å². The summed E-state index contributed by atoms with van der Waals surface area (Å²) in [4.78, 5) is 2.45. The average Bonchev–Trinajstić information content (AvgIpc) is 3.06. The summed E-state index contributed by atoms with van der Waals surface area (Å²) in [5, 5.41) is 5.27. The summed E-state index contributed by atoms with van der Waals surface area (Å²) in [5.41, 5.74) is 8.96. The fourth-order valence-corrected chi connectivity index (χ4v) is 3.50. The maximum absolute atomic E-state index is 6.34. The average molecular weight is 318 g/mol. The molecule has 0 fully saturated rings. The standard InChI is InChI=1S/C16H16ClN3S/c1-3-10-8-9-13(21-10)15-14(16(18)20(2)19-15)11-6-4-5-7-12(11)17/h4-9H,3,18H2,1-2H3. The van der Waals surface area contributed by atoms with Gasteiger partial charge in [0.25, 0.3) is 0 Å². The molecular formula is C16H16ClN3S. The number of nitrogens with two attached hydrogens (primary N) is 1. The van der Waals surface area contributed by atoms with Gasteiger partial charge in [0.05, 0.1) is 10.4 Å². The van der Waals surface area contributed by atoms with E-state index in [4.69, 9.17) is 17.3 Å². The lowest BCUT2D eigenvalue weighted by atomic mass is 10.0. The first-order chi connectivity index (χ1) is 10.1. The third-order valence-electron chi connectivity index (χ3n) is 3.48. The van der Waals surface area contributed by atoms with Gasteiger partial charge in [-0.2, -0.15) is 5.10 Å². The summed E-state index contributed by atoms with van der Waals surface area (Å²) in [7, 11) is 1.85. The van der Waals surface area contributed by atoms with E-state index < -0.39 is 0 Å². The number of hydrogen-bond donors (Lipinski definition) is 1. The van der Waals surface area contributed by atoms with Gasteiger partial charge >= 0.3 is 0 Å². The first-order valence-corrected chi connectivity index (χ1v) is 7.97. The summed E-state index contributed by atoms with van der Waals surface area (Å²) in [6.45, 7) is 2.15. The summed E-state index contributed by atoms with van der Waals surface area (Å²) >= 11 is 8.09. The largest absolute Gasteiger partial charge is 0.383 e. The van der Waals surface area contributed by atoms with Crippen LogP contribution in [0.2, 0.25) is 5.02 Å². The fourth-order valence-electron chi connectivity index (χ4n) is 2.33. The number of rotatable bonds is 3. The molecule has 1 aromatic carbocycles. The Morgan fingerprint density at radius 3 is 2.67 bits per heavy atom. The second-order valence-electron chi connectivity index (χ2n) is 4.83. The van der Waals surface area contributed by atoms with Crippen LogP contribution in [0, 0.1) is 0 Å². The molecule has 3 rings (SSSR count). The summed E-state index contributed by atoms with van der Waals surface area (Å²) in [6.07, 6.45) is 1.02. The molecule has 0 spiro atoms. The van der Waals surface area contributed by atoms with E-state index in [2.05, 4.69) is 24.2 Å². The van der Waals surface area contributed by atoms with Crippen molar-refractivity contribution in [2.45, 2.75) is 13.3 Å². The number of thiophene rings is 1. The molecule has 0 saturated heterocycles. The first kappa shape index (κ1) is 14.2. The van der Waals surface area contributed by atoms with Crippen LogP contribution >= 0.6 is 22.9 Å². The molecule has 0 saturated carbocycles. The van der Waals surface area contributed by atoms with E-state index in [0.29, 0.717) is 10.8 Å². The zero-order chi connectivity index (χ0) is 15.0. The highest BCUT2D eigenvalue weighted by molar-refractivity contribution is 7.15. The van der Waals surface area contributed by atoms with Gasteiger partial charge in [-0.25, -0.2) is 0 Å². The Labute approximate surface area is 133 Å². The number of nitrogens with zero attached hydrogens (tertiary/aromatic N) is 2. The van der Waals surface area contributed by atoms with E-state index in [1.807, 2.05) is 31.3 Å². The lowest BCUT2D eigenvalue weighted by molar-refractivity contribution is 0.783. The molecule has 2 heterocycles. The quantitative estimate of drug-likeness (QED) is 0.766. The van der Waals surface area contributed by atoms with Crippen molar-refractivity contribution >= 4 is 28.8 Å². The zero-order valence-corrected chi connectivity index (χ0v) is 13.5. The summed E-state index contributed by atoms with van der Waals surface area (Å²) in [6, 6.07) is 12.0. The zero-order valence-electron chi connectivity index (χ0n) is 11.9. The van der Waals surface area contributed by atoms with E-state index in [-0.39, 0.29) is 0 Å². The first-order valence-electron chi connectivity index (χ1n) is 6.78. The van der Waals surface area contributed by atoms with Gasteiger partial charge in [-0.05, 0) is 24.6 Å².